The van der Waals surface area contributed by atoms with Crippen LogP contribution in [0.2, 0.25) is 0 Å². The van der Waals surface area contributed by atoms with E-state index in [0.29, 0.717) is 25.3 Å². The lowest BCUT2D eigenvalue weighted by Gasteiger charge is -2.38. The van der Waals surface area contributed by atoms with Gasteiger partial charge >= 0.3 is 0 Å². The van der Waals surface area contributed by atoms with Gasteiger partial charge in [-0.1, -0.05) is 6.92 Å². The first-order valence-electron chi connectivity index (χ1n) is 5.95. The van der Waals surface area contributed by atoms with E-state index in [2.05, 4.69) is 22.4 Å². The Bertz CT molecular complexity index is 587. The quantitative estimate of drug-likeness (QED) is 0.857. The lowest BCUT2D eigenvalue weighted by atomic mass is 9.88. The van der Waals surface area contributed by atoms with Crippen LogP contribution >= 0.6 is 0 Å². The van der Waals surface area contributed by atoms with Crippen molar-refractivity contribution in [3.8, 4) is 0 Å². The predicted molar refractivity (Wildman–Crippen MR) is 67.4 cm³/mol. The summed E-state index contributed by atoms with van der Waals surface area (Å²) in [5, 5.41) is 10.7. The molecule has 0 atom stereocenters. The van der Waals surface area contributed by atoms with Gasteiger partial charge < -0.3 is 10.1 Å². The van der Waals surface area contributed by atoms with Crippen LogP contribution in [0.1, 0.15) is 17.3 Å². The molecule has 1 fully saturated rings. The van der Waals surface area contributed by atoms with E-state index in [1.54, 1.807) is 12.3 Å². The first-order chi connectivity index (χ1) is 8.66. The van der Waals surface area contributed by atoms with Crippen LogP contribution in [0.3, 0.4) is 0 Å². The molecule has 1 aliphatic heterocycles. The smallest absolute Gasteiger partial charge is 0.251 e. The lowest BCUT2D eigenvalue weighted by molar-refractivity contribution is -0.0978. The van der Waals surface area contributed by atoms with Crippen LogP contribution in [0.4, 0.5) is 0 Å². The number of benzene rings is 1. The highest BCUT2D eigenvalue weighted by Crippen LogP contribution is 2.25. The second kappa shape index (κ2) is 4.10. The van der Waals surface area contributed by atoms with Crippen LogP contribution in [0.25, 0.3) is 10.9 Å². The third-order valence-electron chi connectivity index (χ3n) is 3.28. The molecule has 1 amide bonds. The first-order valence-corrected chi connectivity index (χ1v) is 5.95. The predicted octanol–water partition coefficient (Wildman–Crippen LogP) is 1.33. The van der Waals surface area contributed by atoms with Crippen LogP contribution in [-0.4, -0.2) is 35.9 Å². The van der Waals surface area contributed by atoms with E-state index in [4.69, 9.17) is 4.74 Å². The summed E-state index contributed by atoms with van der Waals surface area (Å²) >= 11 is 0. The number of aromatic amines is 1. The molecule has 0 spiro atoms. The number of nitrogens with zero attached hydrogens (tertiary/aromatic N) is 1. The molecule has 2 aromatic rings. The van der Waals surface area contributed by atoms with Crippen molar-refractivity contribution < 1.29 is 9.53 Å². The molecular weight excluding hydrogens is 230 g/mol. The molecule has 0 saturated carbocycles. The van der Waals surface area contributed by atoms with Gasteiger partial charge in [-0.2, -0.15) is 5.10 Å². The third kappa shape index (κ3) is 1.97. The molecule has 0 unspecified atom stereocenters. The average Bonchev–Trinajstić information content (AvgIpc) is 2.80. The zero-order chi connectivity index (χ0) is 12.6. The van der Waals surface area contributed by atoms with Gasteiger partial charge in [-0.15, -0.1) is 0 Å². The molecule has 1 aliphatic rings. The number of carbonyl (C=O) groups excluding carboxylic acids is 1. The maximum Gasteiger partial charge on any atom is 0.251 e. The number of hydrogen-bond acceptors (Lipinski definition) is 3. The minimum atomic E-state index is -0.0498. The van der Waals surface area contributed by atoms with E-state index >= 15 is 0 Å². The summed E-state index contributed by atoms with van der Waals surface area (Å²) in [7, 11) is 0. The van der Waals surface area contributed by atoms with Crippen molar-refractivity contribution in [2.75, 3.05) is 19.8 Å². The zero-order valence-electron chi connectivity index (χ0n) is 10.2. The molecule has 1 aromatic heterocycles. The van der Waals surface area contributed by atoms with E-state index in [-0.39, 0.29) is 11.3 Å². The number of ether oxygens (including phenoxy) is 1. The number of rotatable bonds is 3. The summed E-state index contributed by atoms with van der Waals surface area (Å²) in [6, 6.07) is 5.51. The summed E-state index contributed by atoms with van der Waals surface area (Å²) in [5.41, 5.74) is 1.69. The van der Waals surface area contributed by atoms with E-state index in [1.807, 2.05) is 12.1 Å². The minimum Gasteiger partial charge on any atom is -0.380 e. The van der Waals surface area contributed by atoms with Crippen molar-refractivity contribution in [2.45, 2.75) is 6.92 Å². The second-order valence-corrected chi connectivity index (χ2v) is 5.16. The third-order valence-corrected chi connectivity index (χ3v) is 3.28. The monoisotopic (exact) mass is 245 g/mol. The fourth-order valence-corrected chi connectivity index (χ4v) is 2.03. The van der Waals surface area contributed by atoms with E-state index < -0.39 is 0 Å². The average molecular weight is 245 g/mol. The number of fused-ring (bicyclic) bond motifs is 1. The SMILES string of the molecule is CC1(CNC(=O)c2ccc3[nH]ncc3c2)COC1. The molecule has 2 heterocycles. The normalized spacial score (nSPS) is 17.4. The van der Waals surface area contributed by atoms with Crippen molar-refractivity contribution in [2.24, 2.45) is 5.41 Å². The van der Waals surface area contributed by atoms with Gasteiger partial charge in [-0.25, -0.2) is 0 Å². The number of H-pyrrole nitrogens is 1. The Morgan fingerprint density at radius 2 is 2.39 bits per heavy atom. The standard InChI is InChI=1S/C13H15N3O2/c1-13(7-18-8-13)6-14-12(17)9-2-3-11-10(4-9)5-15-16-11/h2-5H,6-8H2,1H3,(H,14,17)(H,15,16). The summed E-state index contributed by atoms with van der Waals surface area (Å²) in [6.07, 6.45) is 1.72. The van der Waals surface area contributed by atoms with Gasteiger partial charge in [-0.3, -0.25) is 9.89 Å². The summed E-state index contributed by atoms with van der Waals surface area (Å²) in [5.74, 6) is -0.0498. The number of nitrogens with one attached hydrogen (secondary N) is 2. The van der Waals surface area contributed by atoms with Crippen molar-refractivity contribution in [3.63, 3.8) is 0 Å². The van der Waals surface area contributed by atoms with Gasteiger partial charge in [0.15, 0.2) is 0 Å². The minimum absolute atomic E-state index is 0.0498. The van der Waals surface area contributed by atoms with Crippen molar-refractivity contribution in [1.82, 2.24) is 15.5 Å². The van der Waals surface area contributed by atoms with Gasteiger partial charge in [0.2, 0.25) is 0 Å². The molecule has 2 N–H and O–H groups in total. The molecular formula is C13H15N3O2. The van der Waals surface area contributed by atoms with Gasteiger partial charge in [0.25, 0.3) is 5.91 Å². The van der Waals surface area contributed by atoms with Crippen LogP contribution < -0.4 is 5.32 Å². The maximum absolute atomic E-state index is 12.0. The Labute approximate surface area is 105 Å². The molecule has 1 saturated heterocycles. The Balaban J connectivity index is 1.71. The maximum atomic E-state index is 12.0. The van der Waals surface area contributed by atoms with Crippen LogP contribution in [0, 0.1) is 5.41 Å². The highest BCUT2D eigenvalue weighted by molar-refractivity contribution is 5.97. The molecule has 5 heteroatoms. The number of amides is 1. The molecule has 0 aliphatic carbocycles. The molecule has 5 nitrogen and oxygen atoms in total. The largest absolute Gasteiger partial charge is 0.380 e. The molecule has 0 radical (unpaired) electrons. The number of hydrogen-bond donors (Lipinski definition) is 2. The molecule has 18 heavy (non-hydrogen) atoms. The van der Waals surface area contributed by atoms with Gasteiger partial charge in [0.1, 0.15) is 0 Å². The number of carbonyl (C=O) groups is 1. The van der Waals surface area contributed by atoms with Gasteiger partial charge in [0.05, 0.1) is 24.9 Å². The van der Waals surface area contributed by atoms with Gasteiger partial charge in [-0.05, 0) is 18.2 Å². The molecule has 1 aromatic carbocycles. The fourth-order valence-electron chi connectivity index (χ4n) is 2.03. The Kier molecular flexibility index (Phi) is 2.56. The highest BCUT2D eigenvalue weighted by atomic mass is 16.5. The lowest BCUT2D eigenvalue weighted by Crippen LogP contribution is -2.48. The summed E-state index contributed by atoms with van der Waals surface area (Å²) < 4.78 is 5.16. The van der Waals surface area contributed by atoms with Crippen LogP contribution in [-0.2, 0) is 4.74 Å². The second-order valence-electron chi connectivity index (χ2n) is 5.16. The van der Waals surface area contributed by atoms with Crippen LogP contribution in [0.5, 0.6) is 0 Å². The summed E-state index contributed by atoms with van der Waals surface area (Å²) in [6.45, 7) is 4.19. The summed E-state index contributed by atoms with van der Waals surface area (Å²) in [4.78, 5) is 12.0. The van der Waals surface area contributed by atoms with E-state index in [0.717, 1.165) is 10.9 Å². The van der Waals surface area contributed by atoms with Gasteiger partial charge in [0, 0.05) is 22.9 Å². The topological polar surface area (TPSA) is 67.0 Å². The number of aromatic nitrogens is 2. The van der Waals surface area contributed by atoms with Crippen molar-refractivity contribution >= 4 is 16.8 Å². The van der Waals surface area contributed by atoms with E-state index in [9.17, 15) is 4.79 Å². The zero-order valence-corrected chi connectivity index (χ0v) is 10.2. The van der Waals surface area contributed by atoms with Crippen LogP contribution in [0.15, 0.2) is 24.4 Å². The molecule has 0 bridgehead atoms. The highest BCUT2D eigenvalue weighted by Gasteiger charge is 2.33. The van der Waals surface area contributed by atoms with E-state index in [1.165, 1.54) is 0 Å². The Hall–Kier alpha value is -1.88. The molecule has 94 valence electrons. The van der Waals surface area contributed by atoms with Crippen molar-refractivity contribution in [1.29, 1.82) is 0 Å². The Morgan fingerprint density at radius 1 is 1.56 bits per heavy atom. The first kappa shape index (κ1) is 11.2. The van der Waals surface area contributed by atoms with Crippen molar-refractivity contribution in [3.05, 3.63) is 30.0 Å². The Morgan fingerprint density at radius 3 is 3.11 bits per heavy atom. The molecule has 3 rings (SSSR count). The fraction of sp³-hybridized carbons (Fsp3) is 0.385.